The Morgan fingerprint density at radius 3 is 3.00 bits per heavy atom. The van der Waals surface area contributed by atoms with Crippen molar-refractivity contribution in [3.05, 3.63) is 29.8 Å². The summed E-state index contributed by atoms with van der Waals surface area (Å²) in [5, 5.41) is 8.95. The second-order valence-corrected chi connectivity index (χ2v) is 5.41. The number of hydrogen-bond acceptors (Lipinski definition) is 2. The number of carboxylic acids is 1. The van der Waals surface area contributed by atoms with Gasteiger partial charge in [-0.25, -0.2) is 0 Å². The van der Waals surface area contributed by atoms with Gasteiger partial charge in [0.25, 0.3) is 0 Å². The first kappa shape index (κ1) is 12.9. The molecule has 2 unspecified atom stereocenters. The maximum atomic E-state index is 10.9. The third-order valence-electron chi connectivity index (χ3n) is 3.76. The zero-order valence-corrected chi connectivity index (χ0v) is 11.1. The van der Waals surface area contributed by atoms with Gasteiger partial charge >= 0.3 is 5.97 Å². The Morgan fingerprint density at radius 1 is 1.56 bits per heavy atom. The SMILES string of the molecule is Cc1cccc(N2CCC(CC(C)C(=O)O)C2)c1. The predicted molar refractivity (Wildman–Crippen MR) is 72.9 cm³/mol. The molecule has 1 aliphatic heterocycles. The van der Waals surface area contributed by atoms with E-state index >= 15 is 0 Å². The molecule has 3 heteroatoms. The third-order valence-corrected chi connectivity index (χ3v) is 3.76. The molecule has 1 aliphatic rings. The molecule has 2 rings (SSSR count). The highest BCUT2D eigenvalue weighted by Crippen LogP contribution is 2.28. The van der Waals surface area contributed by atoms with E-state index in [-0.39, 0.29) is 5.92 Å². The van der Waals surface area contributed by atoms with E-state index in [0.717, 1.165) is 25.9 Å². The van der Waals surface area contributed by atoms with E-state index in [1.165, 1.54) is 11.3 Å². The van der Waals surface area contributed by atoms with Gasteiger partial charge < -0.3 is 10.0 Å². The van der Waals surface area contributed by atoms with Crippen LogP contribution in [0.25, 0.3) is 0 Å². The minimum atomic E-state index is -0.677. The molecule has 1 N–H and O–H groups in total. The highest BCUT2D eigenvalue weighted by molar-refractivity contribution is 5.69. The van der Waals surface area contributed by atoms with E-state index in [4.69, 9.17) is 5.11 Å². The van der Waals surface area contributed by atoms with Crippen LogP contribution in [-0.4, -0.2) is 24.2 Å². The topological polar surface area (TPSA) is 40.5 Å². The van der Waals surface area contributed by atoms with Gasteiger partial charge in [-0.15, -0.1) is 0 Å². The highest BCUT2D eigenvalue weighted by Gasteiger charge is 2.26. The van der Waals surface area contributed by atoms with Crippen molar-refractivity contribution in [2.24, 2.45) is 11.8 Å². The molecule has 98 valence electrons. The lowest BCUT2D eigenvalue weighted by molar-refractivity contribution is -0.141. The first-order valence-electron chi connectivity index (χ1n) is 6.60. The molecule has 2 atom stereocenters. The molecule has 0 bridgehead atoms. The molecule has 1 saturated heterocycles. The Hall–Kier alpha value is -1.51. The predicted octanol–water partition coefficient (Wildman–Crippen LogP) is 2.93. The van der Waals surface area contributed by atoms with Crippen LogP contribution < -0.4 is 4.90 Å². The molecule has 3 nitrogen and oxygen atoms in total. The van der Waals surface area contributed by atoms with Crippen LogP contribution in [-0.2, 0) is 4.79 Å². The number of carboxylic acid groups (broad SMARTS) is 1. The second-order valence-electron chi connectivity index (χ2n) is 5.41. The zero-order chi connectivity index (χ0) is 13.1. The average Bonchev–Trinajstić information content (AvgIpc) is 2.77. The molecule has 1 fully saturated rings. The molecule has 0 aromatic heterocycles. The molecule has 1 aromatic rings. The number of benzene rings is 1. The van der Waals surface area contributed by atoms with Gasteiger partial charge in [0.15, 0.2) is 0 Å². The summed E-state index contributed by atoms with van der Waals surface area (Å²) in [4.78, 5) is 13.2. The largest absolute Gasteiger partial charge is 0.481 e. The Labute approximate surface area is 108 Å². The van der Waals surface area contributed by atoms with Gasteiger partial charge in [0.2, 0.25) is 0 Å². The van der Waals surface area contributed by atoms with Crippen LogP contribution in [0.2, 0.25) is 0 Å². The summed E-state index contributed by atoms with van der Waals surface area (Å²) in [5.74, 6) is -0.395. The summed E-state index contributed by atoms with van der Waals surface area (Å²) in [6.07, 6.45) is 1.89. The van der Waals surface area contributed by atoms with Crippen LogP contribution in [0, 0.1) is 18.8 Å². The summed E-state index contributed by atoms with van der Waals surface area (Å²) in [7, 11) is 0. The molecule has 0 aliphatic carbocycles. The standard InChI is InChI=1S/C15H21NO2/c1-11-4-3-5-14(8-11)16-7-6-13(10-16)9-12(2)15(17)18/h3-5,8,12-13H,6-7,9-10H2,1-2H3,(H,17,18). The summed E-state index contributed by atoms with van der Waals surface area (Å²) in [5.41, 5.74) is 2.54. The van der Waals surface area contributed by atoms with Gasteiger partial charge in [0.1, 0.15) is 0 Å². The van der Waals surface area contributed by atoms with Gasteiger partial charge in [-0.3, -0.25) is 4.79 Å². The number of anilines is 1. The quantitative estimate of drug-likeness (QED) is 0.889. The van der Waals surface area contributed by atoms with Crippen molar-refractivity contribution in [3.8, 4) is 0 Å². The van der Waals surface area contributed by atoms with Gasteiger partial charge in [-0.1, -0.05) is 19.1 Å². The fourth-order valence-corrected chi connectivity index (χ4v) is 2.69. The van der Waals surface area contributed by atoms with Crippen LogP contribution >= 0.6 is 0 Å². The maximum Gasteiger partial charge on any atom is 0.306 e. The fourth-order valence-electron chi connectivity index (χ4n) is 2.69. The summed E-state index contributed by atoms with van der Waals surface area (Å²) >= 11 is 0. The molecular weight excluding hydrogens is 226 g/mol. The average molecular weight is 247 g/mol. The van der Waals surface area contributed by atoms with E-state index in [2.05, 4.69) is 36.1 Å². The first-order chi connectivity index (χ1) is 8.56. The number of hydrogen-bond donors (Lipinski definition) is 1. The van der Waals surface area contributed by atoms with Crippen molar-refractivity contribution in [3.63, 3.8) is 0 Å². The van der Waals surface area contributed by atoms with Crippen LogP contribution in [0.15, 0.2) is 24.3 Å². The monoisotopic (exact) mass is 247 g/mol. The summed E-state index contributed by atoms with van der Waals surface area (Å²) < 4.78 is 0. The summed E-state index contributed by atoms with van der Waals surface area (Å²) in [6.45, 7) is 5.93. The molecule has 1 aromatic carbocycles. The van der Waals surface area contributed by atoms with Crippen molar-refractivity contribution < 1.29 is 9.90 Å². The smallest absolute Gasteiger partial charge is 0.306 e. The molecule has 0 saturated carbocycles. The Bertz CT molecular complexity index is 430. The number of nitrogens with zero attached hydrogens (tertiary/aromatic N) is 1. The maximum absolute atomic E-state index is 10.9. The van der Waals surface area contributed by atoms with E-state index < -0.39 is 5.97 Å². The van der Waals surface area contributed by atoms with Crippen molar-refractivity contribution in [2.75, 3.05) is 18.0 Å². The molecule has 1 heterocycles. The van der Waals surface area contributed by atoms with Gasteiger partial charge in [-0.2, -0.15) is 0 Å². The van der Waals surface area contributed by atoms with E-state index in [1.807, 2.05) is 0 Å². The van der Waals surface area contributed by atoms with Gasteiger partial charge in [0, 0.05) is 18.8 Å². The molecular formula is C15H21NO2. The Kier molecular flexibility index (Phi) is 3.90. The van der Waals surface area contributed by atoms with Crippen molar-refractivity contribution in [2.45, 2.75) is 26.7 Å². The summed E-state index contributed by atoms with van der Waals surface area (Å²) in [6, 6.07) is 8.51. The molecule has 0 radical (unpaired) electrons. The lowest BCUT2D eigenvalue weighted by Crippen LogP contribution is -2.21. The molecule has 0 amide bonds. The van der Waals surface area contributed by atoms with Crippen molar-refractivity contribution >= 4 is 11.7 Å². The van der Waals surface area contributed by atoms with Crippen molar-refractivity contribution in [1.82, 2.24) is 0 Å². The second kappa shape index (κ2) is 5.42. The number of carbonyl (C=O) groups is 1. The molecule has 0 spiro atoms. The zero-order valence-electron chi connectivity index (χ0n) is 11.1. The first-order valence-corrected chi connectivity index (χ1v) is 6.60. The van der Waals surface area contributed by atoms with E-state index in [0.29, 0.717) is 5.92 Å². The lowest BCUT2D eigenvalue weighted by atomic mass is 9.95. The fraction of sp³-hybridized carbons (Fsp3) is 0.533. The van der Waals surface area contributed by atoms with Crippen LogP contribution in [0.1, 0.15) is 25.3 Å². The third kappa shape index (κ3) is 3.03. The Balaban J connectivity index is 1.94. The highest BCUT2D eigenvalue weighted by atomic mass is 16.4. The number of aliphatic carboxylic acids is 1. The minimum Gasteiger partial charge on any atom is -0.481 e. The molecule has 18 heavy (non-hydrogen) atoms. The van der Waals surface area contributed by atoms with Gasteiger partial charge in [-0.05, 0) is 43.4 Å². The number of aryl methyl sites for hydroxylation is 1. The number of rotatable bonds is 4. The Morgan fingerprint density at radius 2 is 2.33 bits per heavy atom. The van der Waals surface area contributed by atoms with E-state index in [1.54, 1.807) is 6.92 Å². The van der Waals surface area contributed by atoms with E-state index in [9.17, 15) is 4.79 Å². The normalized spacial score (nSPS) is 21.0. The minimum absolute atomic E-state index is 0.229. The lowest BCUT2D eigenvalue weighted by Gasteiger charge is -2.19. The van der Waals surface area contributed by atoms with Crippen molar-refractivity contribution in [1.29, 1.82) is 0 Å². The van der Waals surface area contributed by atoms with Crippen LogP contribution in [0.4, 0.5) is 5.69 Å². The van der Waals surface area contributed by atoms with Crippen LogP contribution in [0.5, 0.6) is 0 Å². The van der Waals surface area contributed by atoms with Crippen LogP contribution in [0.3, 0.4) is 0 Å². The van der Waals surface area contributed by atoms with Gasteiger partial charge in [0.05, 0.1) is 5.92 Å².